The van der Waals surface area contributed by atoms with Gasteiger partial charge in [0.25, 0.3) is 0 Å². The van der Waals surface area contributed by atoms with E-state index in [0.717, 1.165) is 5.56 Å². The van der Waals surface area contributed by atoms with Crippen LogP contribution in [0, 0.1) is 28.6 Å². The number of cyclic esters (lactones) is 1. The summed E-state index contributed by atoms with van der Waals surface area (Å²) in [4.78, 5) is 25.4. The Morgan fingerprint density at radius 1 is 1.29 bits per heavy atom. The van der Waals surface area contributed by atoms with E-state index in [4.69, 9.17) is 13.9 Å². The molecule has 0 radical (unpaired) electrons. The number of aliphatic hydroxyl groups is 2. The van der Waals surface area contributed by atoms with E-state index >= 15 is 0 Å². The van der Waals surface area contributed by atoms with Gasteiger partial charge in [-0.05, 0) is 48.5 Å². The van der Waals surface area contributed by atoms with Gasteiger partial charge in [0.15, 0.2) is 0 Å². The van der Waals surface area contributed by atoms with E-state index in [9.17, 15) is 19.8 Å². The maximum Gasteiger partial charge on any atom is 0.310 e. The zero-order valence-corrected chi connectivity index (χ0v) is 16.5. The van der Waals surface area contributed by atoms with Crippen LogP contribution in [-0.2, 0) is 19.1 Å². The van der Waals surface area contributed by atoms with E-state index in [1.165, 1.54) is 13.4 Å². The summed E-state index contributed by atoms with van der Waals surface area (Å²) in [6, 6.07) is 1.77. The van der Waals surface area contributed by atoms with Gasteiger partial charge in [-0.15, -0.1) is 0 Å². The predicted molar refractivity (Wildman–Crippen MR) is 96.7 cm³/mol. The van der Waals surface area contributed by atoms with Gasteiger partial charge in [-0.2, -0.15) is 0 Å². The molecule has 1 saturated heterocycles. The molecule has 28 heavy (non-hydrogen) atoms. The third kappa shape index (κ3) is 2.63. The summed E-state index contributed by atoms with van der Waals surface area (Å²) >= 11 is 0. The number of furan rings is 1. The van der Waals surface area contributed by atoms with Crippen molar-refractivity contribution >= 4 is 11.9 Å². The fourth-order valence-electron chi connectivity index (χ4n) is 6.43. The summed E-state index contributed by atoms with van der Waals surface area (Å²) in [7, 11) is 1.35. The highest BCUT2D eigenvalue weighted by Gasteiger charge is 2.66. The monoisotopic (exact) mass is 392 g/mol. The first-order chi connectivity index (χ1) is 13.2. The molecule has 0 spiro atoms. The molecule has 3 fully saturated rings. The molecule has 8 atom stereocenters. The number of methoxy groups -OCH3 is 1. The van der Waals surface area contributed by atoms with Crippen LogP contribution < -0.4 is 0 Å². The Labute approximate surface area is 164 Å². The van der Waals surface area contributed by atoms with Crippen LogP contribution in [0.4, 0.5) is 0 Å². The van der Waals surface area contributed by atoms with Crippen LogP contribution >= 0.6 is 0 Å². The summed E-state index contributed by atoms with van der Waals surface area (Å²) in [5.41, 5.74) is -0.428. The van der Waals surface area contributed by atoms with Gasteiger partial charge < -0.3 is 24.1 Å². The maximum absolute atomic E-state index is 12.9. The smallest absolute Gasteiger partial charge is 0.310 e. The second kappa shape index (κ2) is 6.59. The van der Waals surface area contributed by atoms with Gasteiger partial charge >= 0.3 is 11.9 Å². The molecule has 7 heteroatoms. The average Bonchev–Trinajstić information content (AvgIpc) is 3.18. The molecule has 0 aromatic carbocycles. The average molecular weight is 392 g/mol. The zero-order chi connectivity index (χ0) is 20.3. The van der Waals surface area contributed by atoms with Crippen molar-refractivity contribution in [1.82, 2.24) is 0 Å². The first-order valence-corrected chi connectivity index (χ1v) is 9.89. The second-order valence-electron chi connectivity index (χ2n) is 9.14. The number of esters is 2. The SMILES string of the molecule is COC(=O)C1C[C@H](O)C(O)C2[C@@]1(C)CCC1C(=O)O[C@H](c3ccoc3)C[C@@]12C. The number of rotatable bonds is 2. The molecule has 3 aliphatic rings. The fourth-order valence-corrected chi connectivity index (χ4v) is 6.43. The molecule has 1 aromatic heterocycles. The highest BCUT2D eigenvalue weighted by molar-refractivity contribution is 5.76. The molecule has 2 aliphatic carbocycles. The molecule has 154 valence electrons. The highest BCUT2D eigenvalue weighted by atomic mass is 16.5. The lowest BCUT2D eigenvalue weighted by molar-refractivity contribution is -0.236. The molecule has 1 aromatic rings. The minimum absolute atomic E-state index is 0.164. The second-order valence-corrected chi connectivity index (χ2v) is 9.14. The van der Waals surface area contributed by atoms with Crippen LogP contribution in [0.1, 0.15) is 51.2 Å². The van der Waals surface area contributed by atoms with E-state index in [0.29, 0.717) is 19.3 Å². The minimum Gasteiger partial charge on any atom is -0.472 e. The summed E-state index contributed by atoms with van der Waals surface area (Å²) in [6.45, 7) is 3.98. The van der Waals surface area contributed by atoms with E-state index < -0.39 is 41.0 Å². The Bertz CT molecular complexity index is 759. The number of aliphatic hydroxyl groups excluding tert-OH is 2. The summed E-state index contributed by atoms with van der Waals surface area (Å²) < 4.78 is 15.9. The molecule has 1 aliphatic heterocycles. The first-order valence-electron chi connectivity index (χ1n) is 9.89. The van der Waals surface area contributed by atoms with Crippen molar-refractivity contribution < 1.29 is 33.7 Å². The number of carbonyl (C=O) groups is 2. The molecular weight excluding hydrogens is 364 g/mol. The van der Waals surface area contributed by atoms with Gasteiger partial charge in [0.05, 0.1) is 43.7 Å². The van der Waals surface area contributed by atoms with Gasteiger partial charge in [-0.25, -0.2) is 0 Å². The number of carbonyl (C=O) groups excluding carboxylic acids is 2. The van der Waals surface area contributed by atoms with Crippen LogP contribution in [-0.4, -0.2) is 41.5 Å². The number of ether oxygens (including phenoxy) is 2. The quantitative estimate of drug-likeness (QED) is 0.743. The molecular formula is C21H28O7. The van der Waals surface area contributed by atoms with Gasteiger partial charge in [0.2, 0.25) is 0 Å². The summed E-state index contributed by atoms with van der Waals surface area (Å²) in [5, 5.41) is 21.6. The Kier molecular flexibility index (Phi) is 4.58. The Morgan fingerprint density at radius 2 is 2.04 bits per heavy atom. The van der Waals surface area contributed by atoms with Crippen LogP contribution in [0.15, 0.2) is 23.0 Å². The lowest BCUT2D eigenvalue weighted by atomic mass is 9.42. The molecule has 0 amide bonds. The van der Waals surface area contributed by atoms with Gasteiger partial charge in [-0.3, -0.25) is 9.59 Å². The molecule has 4 rings (SSSR count). The largest absolute Gasteiger partial charge is 0.472 e. The van der Waals surface area contributed by atoms with Gasteiger partial charge in [-0.1, -0.05) is 13.8 Å². The fraction of sp³-hybridized carbons (Fsp3) is 0.714. The molecule has 2 saturated carbocycles. The van der Waals surface area contributed by atoms with E-state index in [1.807, 2.05) is 13.8 Å². The summed E-state index contributed by atoms with van der Waals surface area (Å²) in [6.07, 6.45) is 2.40. The van der Waals surface area contributed by atoms with Crippen LogP contribution in [0.25, 0.3) is 0 Å². The van der Waals surface area contributed by atoms with Crippen LogP contribution in [0.2, 0.25) is 0 Å². The van der Waals surface area contributed by atoms with Gasteiger partial charge in [0, 0.05) is 5.56 Å². The van der Waals surface area contributed by atoms with Crippen molar-refractivity contribution in [1.29, 1.82) is 0 Å². The van der Waals surface area contributed by atoms with Gasteiger partial charge in [0.1, 0.15) is 6.10 Å². The highest BCUT2D eigenvalue weighted by Crippen LogP contribution is 2.65. The van der Waals surface area contributed by atoms with Crippen molar-refractivity contribution in [3.63, 3.8) is 0 Å². The molecule has 7 nitrogen and oxygen atoms in total. The van der Waals surface area contributed by atoms with E-state index in [2.05, 4.69) is 0 Å². The first kappa shape index (κ1) is 19.5. The molecule has 0 bridgehead atoms. The minimum atomic E-state index is -1.04. The predicted octanol–water partition coefficient (Wildman–Crippen LogP) is 2.22. The standard InChI is InChI=1S/C21H28O7/c1-20-6-4-12-19(25)28-15(11-5-7-27-10-11)9-21(12,2)17(20)16(23)14(22)8-13(20)18(24)26-3/h5,7,10,12-17,22-23H,4,6,8-9H2,1-3H3/t12?,13?,14-,15-,16?,17?,20-,21-/m0/s1. The van der Waals surface area contributed by atoms with Crippen molar-refractivity contribution in [3.8, 4) is 0 Å². The van der Waals surface area contributed by atoms with Crippen molar-refractivity contribution in [2.45, 2.75) is 57.8 Å². The molecule has 2 heterocycles. The van der Waals surface area contributed by atoms with Crippen molar-refractivity contribution in [3.05, 3.63) is 24.2 Å². The molecule has 2 N–H and O–H groups in total. The van der Waals surface area contributed by atoms with E-state index in [1.54, 1.807) is 12.3 Å². The van der Waals surface area contributed by atoms with Crippen molar-refractivity contribution in [2.24, 2.45) is 28.6 Å². The van der Waals surface area contributed by atoms with Crippen LogP contribution in [0.5, 0.6) is 0 Å². The normalized spacial score (nSPS) is 45.5. The maximum atomic E-state index is 12.9. The number of hydrogen-bond acceptors (Lipinski definition) is 7. The Balaban J connectivity index is 1.77. The van der Waals surface area contributed by atoms with Crippen LogP contribution in [0.3, 0.4) is 0 Å². The van der Waals surface area contributed by atoms with E-state index in [-0.39, 0.29) is 24.3 Å². The third-order valence-electron chi connectivity index (χ3n) is 7.77. The third-order valence-corrected chi connectivity index (χ3v) is 7.77. The number of hydrogen-bond donors (Lipinski definition) is 2. The Hall–Kier alpha value is -1.86. The summed E-state index contributed by atoms with van der Waals surface area (Å²) in [5.74, 6) is -2.00. The Morgan fingerprint density at radius 3 is 2.68 bits per heavy atom. The lowest BCUT2D eigenvalue weighted by Gasteiger charge is -2.63. The number of fused-ring (bicyclic) bond motifs is 3. The zero-order valence-electron chi connectivity index (χ0n) is 16.5. The lowest BCUT2D eigenvalue weighted by Crippen LogP contribution is -2.65. The topological polar surface area (TPSA) is 106 Å². The van der Waals surface area contributed by atoms with Crippen molar-refractivity contribution in [2.75, 3.05) is 7.11 Å². The molecule has 4 unspecified atom stereocenters.